The highest BCUT2D eigenvalue weighted by molar-refractivity contribution is 7.89. The topological polar surface area (TPSA) is 80.4 Å². The number of sulfonamides is 1. The minimum Gasteiger partial charge on any atom is -0.459 e. The van der Waals surface area contributed by atoms with Crippen LogP contribution in [0, 0.1) is 0 Å². The van der Waals surface area contributed by atoms with Crippen molar-refractivity contribution in [2.45, 2.75) is 11.1 Å². The van der Waals surface area contributed by atoms with E-state index in [0.717, 1.165) is 11.0 Å². The number of hydrogen-bond acceptors (Lipinski definition) is 5. The fourth-order valence-electron chi connectivity index (χ4n) is 2.49. The minimum atomic E-state index is -3.66. The summed E-state index contributed by atoms with van der Waals surface area (Å²) in [6.45, 7) is 0.186. The lowest BCUT2D eigenvalue weighted by molar-refractivity contribution is 0.263. The van der Waals surface area contributed by atoms with Crippen LogP contribution >= 0.6 is 0 Å². The molecule has 3 aromatic rings. The lowest BCUT2D eigenvalue weighted by atomic mass is 10.2. The fourth-order valence-corrected chi connectivity index (χ4v) is 3.51. The Bertz CT molecular complexity index is 910. The van der Waals surface area contributed by atoms with Crippen molar-refractivity contribution in [3.63, 3.8) is 0 Å². The Labute approximate surface area is 140 Å². The summed E-state index contributed by atoms with van der Waals surface area (Å²) in [6.07, 6.45) is 2.92. The van der Waals surface area contributed by atoms with Gasteiger partial charge in [0.15, 0.2) is 5.03 Å². The van der Waals surface area contributed by atoms with Crippen molar-refractivity contribution in [2.75, 3.05) is 20.6 Å². The third kappa shape index (κ3) is 3.35. The molecule has 1 aromatic carbocycles. The summed E-state index contributed by atoms with van der Waals surface area (Å²) in [5.41, 5.74) is 0.784. The van der Waals surface area contributed by atoms with Crippen LogP contribution in [0.1, 0.15) is 11.8 Å². The minimum absolute atomic E-state index is 0.00659. The quantitative estimate of drug-likeness (QED) is 0.734. The molecule has 1 N–H and O–H groups in total. The molecule has 7 nitrogen and oxygen atoms in total. The number of aryl methyl sites for hydroxylation is 1. The molecule has 8 heteroatoms. The SMILES string of the molecule is CN(C)C(CNS(=O)(=O)c1cn(C)cn1)c1cc2ccccc2o1. The van der Waals surface area contributed by atoms with Gasteiger partial charge in [0.1, 0.15) is 11.3 Å². The Morgan fingerprint density at radius 1 is 1.33 bits per heavy atom. The summed E-state index contributed by atoms with van der Waals surface area (Å²) in [6, 6.07) is 9.42. The van der Waals surface area contributed by atoms with Crippen LogP contribution in [0.3, 0.4) is 0 Å². The zero-order valence-electron chi connectivity index (χ0n) is 13.8. The Balaban J connectivity index is 1.82. The molecule has 0 aliphatic heterocycles. The number of imidazole rings is 1. The maximum absolute atomic E-state index is 12.3. The zero-order valence-corrected chi connectivity index (χ0v) is 14.6. The van der Waals surface area contributed by atoms with Crippen LogP contribution in [0.4, 0.5) is 0 Å². The molecule has 3 rings (SSSR count). The second-order valence-corrected chi connectivity index (χ2v) is 7.61. The molecule has 24 heavy (non-hydrogen) atoms. The molecule has 1 unspecified atom stereocenters. The van der Waals surface area contributed by atoms with E-state index < -0.39 is 10.0 Å². The summed E-state index contributed by atoms with van der Waals surface area (Å²) in [7, 11) is 1.83. The molecular formula is C16H20N4O3S. The van der Waals surface area contributed by atoms with E-state index in [0.29, 0.717) is 5.76 Å². The van der Waals surface area contributed by atoms with Gasteiger partial charge in [0.05, 0.1) is 12.4 Å². The van der Waals surface area contributed by atoms with Crippen LogP contribution in [0.2, 0.25) is 0 Å². The molecule has 128 valence electrons. The van der Waals surface area contributed by atoms with Gasteiger partial charge in [-0.15, -0.1) is 0 Å². The monoisotopic (exact) mass is 348 g/mol. The Morgan fingerprint density at radius 2 is 2.08 bits per heavy atom. The van der Waals surface area contributed by atoms with Gasteiger partial charge in [-0.3, -0.25) is 4.90 Å². The van der Waals surface area contributed by atoms with Crippen molar-refractivity contribution in [3.05, 3.63) is 48.6 Å². The number of hydrogen-bond donors (Lipinski definition) is 1. The van der Waals surface area contributed by atoms with Crippen LogP contribution in [0.15, 0.2) is 52.3 Å². The van der Waals surface area contributed by atoms with Crippen molar-refractivity contribution in [1.29, 1.82) is 0 Å². The number of aromatic nitrogens is 2. The molecule has 1 atom stereocenters. The molecule has 0 spiro atoms. The van der Waals surface area contributed by atoms with Gasteiger partial charge in [-0.05, 0) is 26.2 Å². The standard InChI is InChI=1S/C16H20N4O3S/c1-19(2)13(15-8-12-6-4-5-7-14(12)23-15)9-18-24(21,22)16-10-20(3)11-17-16/h4-8,10-11,13,18H,9H2,1-3H3. The zero-order chi connectivity index (χ0) is 17.3. The number of para-hydroxylation sites is 1. The fraction of sp³-hybridized carbons (Fsp3) is 0.312. The first kappa shape index (κ1) is 16.7. The maximum atomic E-state index is 12.3. The maximum Gasteiger partial charge on any atom is 0.259 e. The first-order chi connectivity index (χ1) is 11.4. The summed E-state index contributed by atoms with van der Waals surface area (Å²) in [5.74, 6) is 0.713. The van der Waals surface area contributed by atoms with Crippen LogP contribution in [-0.4, -0.2) is 43.5 Å². The van der Waals surface area contributed by atoms with E-state index >= 15 is 0 Å². The molecule has 0 aliphatic rings. The highest BCUT2D eigenvalue weighted by Gasteiger charge is 2.23. The molecule has 0 aliphatic carbocycles. The number of nitrogens with zero attached hydrogens (tertiary/aromatic N) is 3. The van der Waals surface area contributed by atoms with Gasteiger partial charge in [-0.1, -0.05) is 18.2 Å². The van der Waals surface area contributed by atoms with E-state index in [-0.39, 0.29) is 17.6 Å². The average molecular weight is 348 g/mol. The molecule has 2 aromatic heterocycles. The largest absolute Gasteiger partial charge is 0.459 e. The Morgan fingerprint density at radius 3 is 2.71 bits per heavy atom. The van der Waals surface area contributed by atoms with Crippen LogP contribution in [0.25, 0.3) is 11.0 Å². The van der Waals surface area contributed by atoms with E-state index in [9.17, 15) is 8.42 Å². The van der Waals surface area contributed by atoms with Gasteiger partial charge in [-0.25, -0.2) is 18.1 Å². The van der Waals surface area contributed by atoms with Crippen molar-refractivity contribution >= 4 is 21.0 Å². The van der Waals surface area contributed by atoms with Gasteiger partial charge in [0.25, 0.3) is 10.0 Å². The molecule has 0 saturated heterocycles. The third-order valence-electron chi connectivity index (χ3n) is 3.82. The smallest absolute Gasteiger partial charge is 0.259 e. The highest BCUT2D eigenvalue weighted by Crippen LogP contribution is 2.26. The van der Waals surface area contributed by atoms with E-state index in [1.54, 1.807) is 11.6 Å². The van der Waals surface area contributed by atoms with Gasteiger partial charge in [0, 0.05) is 25.2 Å². The number of likely N-dealkylation sites (N-methyl/N-ethyl adjacent to an activating group) is 1. The summed E-state index contributed by atoms with van der Waals surface area (Å²) < 4.78 is 34.8. The predicted molar refractivity (Wildman–Crippen MR) is 91.0 cm³/mol. The Hall–Kier alpha value is -2.16. The number of furan rings is 1. The molecule has 0 saturated carbocycles. The number of nitrogens with one attached hydrogen (secondary N) is 1. The molecule has 0 bridgehead atoms. The lowest BCUT2D eigenvalue weighted by Gasteiger charge is -2.22. The van der Waals surface area contributed by atoms with E-state index in [1.165, 1.54) is 12.5 Å². The molecule has 0 amide bonds. The van der Waals surface area contributed by atoms with Crippen molar-refractivity contribution in [1.82, 2.24) is 19.2 Å². The second kappa shape index (κ2) is 6.39. The summed E-state index contributed by atoms with van der Waals surface area (Å²) >= 11 is 0. The second-order valence-electron chi connectivity index (χ2n) is 5.90. The number of benzene rings is 1. The third-order valence-corrected chi connectivity index (χ3v) is 5.13. The summed E-state index contributed by atoms with van der Waals surface area (Å²) in [4.78, 5) is 5.81. The average Bonchev–Trinajstić information content (AvgIpc) is 3.13. The van der Waals surface area contributed by atoms with E-state index in [1.807, 2.05) is 49.3 Å². The Kier molecular flexibility index (Phi) is 4.44. The van der Waals surface area contributed by atoms with E-state index in [2.05, 4.69) is 9.71 Å². The van der Waals surface area contributed by atoms with Gasteiger partial charge in [-0.2, -0.15) is 0 Å². The first-order valence-corrected chi connectivity index (χ1v) is 8.97. The molecule has 0 fully saturated rings. The van der Waals surface area contributed by atoms with Gasteiger partial charge >= 0.3 is 0 Å². The van der Waals surface area contributed by atoms with Crippen molar-refractivity contribution < 1.29 is 12.8 Å². The highest BCUT2D eigenvalue weighted by atomic mass is 32.2. The number of fused-ring (bicyclic) bond motifs is 1. The normalized spacial score (nSPS) is 13.7. The molecule has 2 heterocycles. The predicted octanol–water partition coefficient (Wildman–Crippen LogP) is 1.75. The molecular weight excluding hydrogens is 328 g/mol. The van der Waals surface area contributed by atoms with Crippen LogP contribution in [-0.2, 0) is 17.1 Å². The van der Waals surface area contributed by atoms with Crippen LogP contribution in [0.5, 0.6) is 0 Å². The van der Waals surface area contributed by atoms with Gasteiger partial charge < -0.3 is 8.98 Å². The number of rotatable bonds is 6. The first-order valence-electron chi connectivity index (χ1n) is 7.49. The molecule has 0 radical (unpaired) electrons. The van der Waals surface area contributed by atoms with Gasteiger partial charge in [0.2, 0.25) is 0 Å². The lowest BCUT2D eigenvalue weighted by Crippen LogP contribution is -2.34. The van der Waals surface area contributed by atoms with E-state index in [4.69, 9.17) is 4.42 Å². The summed E-state index contributed by atoms with van der Waals surface area (Å²) in [5, 5.41) is 0.999. The van der Waals surface area contributed by atoms with Crippen molar-refractivity contribution in [2.24, 2.45) is 7.05 Å². The van der Waals surface area contributed by atoms with Crippen LogP contribution < -0.4 is 4.72 Å². The van der Waals surface area contributed by atoms with Crippen molar-refractivity contribution in [3.8, 4) is 0 Å².